The molecule has 1 amide bonds. The second-order valence-corrected chi connectivity index (χ2v) is 6.41. The topological polar surface area (TPSA) is 55.4 Å². The fourth-order valence-electron chi connectivity index (χ4n) is 2.69. The maximum Gasteiger partial charge on any atom is 0.340 e. The van der Waals surface area contributed by atoms with Gasteiger partial charge in [-0.15, -0.1) is 0 Å². The van der Waals surface area contributed by atoms with Gasteiger partial charge in [0.2, 0.25) is 5.91 Å². The lowest BCUT2D eigenvalue weighted by atomic mass is 9.89. The first kappa shape index (κ1) is 17.8. The Morgan fingerprint density at radius 3 is 2.61 bits per heavy atom. The van der Waals surface area contributed by atoms with Gasteiger partial charge < -0.3 is 10.1 Å². The second kappa shape index (κ2) is 8.37. The van der Waals surface area contributed by atoms with Crippen molar-refractivity contribution in [1.29, 1.82) is 0 Å². The fraction of sp³-hybridized carbons (Fsp3) is 0.412. The van der Waals surface area contributed by atoms with Gasteiger partial charge in [0, 0.05) is 16.1 Å². The molecule has 0 aliphatic heterocycles. The molecule has 0 unspecified atom stereocenters. The number of hydrogen-bond acceptors (Lipinski definition) is 3. The van der Waals surface area contributed by atoms with Crippen LogP contribution in [0.5, 0.6) is 0 Å². The third-order valence-corrected chi connectivity index (χ3v) is 4.56. The molecule has 1 aromatic rings. The van der Waals surface area contributed by atoms with Gasteiger partial charge in [0.25, 0.3) is 0 Å². The number of nitrogens with one attached hydrogen (secondary N) is 1. The zero-order valence-electron chi connectivity index (χ0n) is 12.9. The minimum atomic E-state index is -0.565. The number of benzene rings is 1. The molecule has 1 aliphatic carbocycles. The number of carbonyl (C=O) groups is 2. The summed E-state index contributed by atoms with van der Waals surface area (Å²) in [6.45, 7) is 0. The van der Waals surface area contributed by atoms with Gasteiger partial charge in [0.15, 0.2) is 0 Å². The number of allylic oxidation sites excluding steroid dienone is 1. The molecule has 1 fully saturated rings. The Morgan fingerprint density at radius 1 is 1.26 bits per heavy atom. The van der Waals surface area contributed by atoms with E-state index in [9.17, 15) is 9.59 Å². The summed E-state index contributed by atoms with van der Waals surface area (Å²) >= 11 is 12.1. The van der Waals surface area contributed by atoms with Crippen molar-refractivity contribution in [3.05, 3.63) is 39.9 Å². The molecule has 0 spiro atoms. The van der Waals surface area contributed by atoms with Crippen molar-refractivity contribution in [1.82, 2.24) is 0 Å². The predicted molar refractivity (Wildman–Crippen MR) is 91.9 cm³/mol. The van der Waals surface area contributed by atoms with Gasteiger partial charge in [0.05, 0.1) is 18.4 Å². The Morgan fingerprint density at radius 2 is 1.96 bits per heavy atom. The summed E-state index contributed by atoms with van der Waals surface area (Å²) in [6, 6.07) is 4.61. The standard InChI is InChI=1S/C17H19Cl2NO3/c1-23-17(22)13-9-12(18)7-8-15(13)20-16(21)10-14(19)11-5-3-2-4-6-11/h7-11H,2-6H2,1H3,(H,20,21)/b14-10-. The number of rotatable bonds is 4. The summed E-state index contributed by atoms with van der Waals surface area (Å²) in [5, 5.41) is 3.62. The molecule has 1 aliphatic rings. The third kappa shape index (κ3) is 4.98. The van der Waals surface area contributed by atoms with E-state index in [-0.39, 0.29) is 17.4 Å². The summed E-state index contributed by atoms with van der Waals surface area (Å²) in [6.07, 6.45) is 6.92. The molecule has 4 nitrogen and oxygen atoms in total. The van der Waals surface area contributed by atoms with Crippen molar-refractivity contribution < 1.29 is 14.3 Å². The molecular formula is C17H19Cl2NO3. The van der Waals surface area contributed by atoms with Crippen molar-refractivity contribution in [2.45, 2.75) is 32.1 Å². The van der Waals surface area contributed by atoms with E-state index in [2.05, 4.69) is 5.32 Å². The third-order valence-electron chi connectivity index (χ3n) is 3.91. The van der Waals surface area contributed by atoms with Gasteiger partial charge in [-0.05, 0) is 37.0 Å². The van der Waals surface area contributed by atoms with Gasteiger partial charge >= 0.3 is 5.97 Å². The molecule has 2 rings (SSSR count). The number of halogens is 2. The van der Waals surface area contributed by atoms with Gasteiger partial charge in [-0.1, -0.05) is 42.5 Å². The highest BCUT2D eigenvalue weighted by atomic mass is 35.5. The minimum Gasteiger partial charge on any atom is -0.465 e. The molecule has 1 saturated carbocycles. The lowest BCUT2D eigenvalue weighted by Gasteiger charge is -2.20. The van der Waals surface area contributed by atoms with Crippen LogP contribution >= 0.6 is 23.2 Å². The van der Waals surface area contributed by atoms with Gasteiger partial charge in [-0.25, -0.2) is 4.79 Å². The first-order valence-corrected chi connectivity index (χ1v) is 8.33. The van der Waals surface area contributed by atoms with Crippen LogP contribution in [-0.2, 0) is 9.53 Å². The number of carbonyl (C=O) groups excluding carboxylic acids is 2. The maximum atomic E-state index is 12.2. The van der Waals surface area contributed by atoms with Crippen LogP contribution in [-0.4, -0.2) is 19.0 Å². The normalized spacial score (nSPS) is 16.0. The molecule has 124 valence electrons. The van der Waals surface area contributed by atoms with Crippen LogP contribution in [0.25, 0.3) is 0 Å². The smallest absolute Gasteiger partial charge is 0.340 e. The van der Waals surface area contributed by atoms with E-state index in [1.807, 2.05) is 0 Å². The van der Waals surface area contributed by atoms with Crippen LogP contribution in [0, 0.1) is 5.92 Å². The van der Waals surface area contributed by atoms with Crippen molar-refractivity contribution in [2.24, 2.45) is 5.92 Å². The average molecular weight is 356 g/mol. The SMILES string of the molecule is COC(=O)c1cc(Cl)ccc1NC(=O)/C=C(\Cl)C1CCCCC1. The van der Waals surface area contributed by atoms with E-state index >= 15 is 0 Å². The van der Waals surface area contributed by atoms with E-state index in [4.69, 9.17) is 27.9 Å². The number of methoxy groups -OCH3 is 1. The molecule has 0 aromatic heterocycles. The Hall–Kier alpha value is -1.52. The molecule has 1 N–H and O–H groups in total. The zero-order valence-corrected chi connectivity index (χ0v) is 14.4. The Bertz CT molecular complexity index is 622. The molecule has 0 radical (unpaired) electrons. The highest BCUT2D eigenvalue weighted by Crippen LogP contribution is 2.31. The average Bonchev–Trinajstić information content (AvgIpc) is 2.56. The van der Waals surface area contributed by atoms with Crippen LogP contribution in [0.3, 0.4) is 0 Å². The summed E-state index contributed by atoms with van der Waals surface area (Å²) in [5.74, 6) is -0.681. The Balaban J connectivity index is 2.12. The summed E-state index contributed by atoms with van der Waals surface area (Å²) < 4.78 is 4.70. The lowest BCUT2D eigenvalue weighted by molar-refractivity contribution is -0.112. The van der Waals surface area contributed by atoms with E-state index in [1.54, 1.807) is 12.1 Å². The lowest BCUT2D eigenvalue weighted by Crippen LogP contribution is -2.15. The van der Waals surface area contributed by atoms with Crippen LogP contribution < -0.4 is 5.32 Å². The quantitative estimate of drug-likeness (QED) is 0.625. The number of esters is 1. The van der Waals surface area contributed by atoms with E-state index in [0.29, 0.717) is 15.7 Å². The van der Waals surface area contributed by atoms with Crippen LogP contribution in [0.2, 0.25) is 5.02 Å². The second-order valence-electron chi connectivity index (χ2n) is 5.53. The van der Waals surface area contributed by atoms with Crippen LogP contribution in [0.1, 0.15) is 42.5 Å². The molecule has 23 heavy (non-hydrogen) atoms. The Kier molecular flexibility index (Phi) is 6.48. The highest BCUT2D eigenvalue weighted by molar-refractivity contribution is 6.32. The monoisotopic (exact) mass is 355 g/mol. The summed E-state index contributed by atoms with van der Waals surface area (Å²) in [4.78, 5) is 23.9. The van der Waals surface area contributed by atoms with Gasteiger partial charge in [-0.3, -0.25) is 4.79 Å². The van der Waals surface area contributed by atoms with Crippen molar-refractivity contribution in [3.63, 3.8) is 0 Å². The summed E-state index contributed by atoms with van der Waals surface area (Å²) in [5.41, 5.74) is 0.547. The van der Waals surface area contributed by atoms with E-state index in [1.165, 1.54) is 25.7 Å². The zero-order chi connectivity index (χ0) is 16.8. The first-order chi connectivity index (χ1) is 11.0. The first-order valence-electron chi connectivity index (χ1n) is 7.57. The fourth-order valence-corrected chi connectivity index (χ4v) is 3.18. The van der Waals surface area contributed by atoms with Crippen molar-refractivity contribution >= 4 is 40.8 Å². The number of hydrogen-bond donors (Lipinski definition) is 1. The molecule has 6 heteroatoms. The van der Waals surface area contributed by atoms with Gasteiger partial charge in [0.1, 0.15) is 0 Å². The molecular weight excluding hydrogens is 337 g/mol. The summed E-state index contributed by atoms with van der Waals surface area (Å²) in [7, 11) is 1.27. The van der Waals surface area contributed by atoms with Gasteiger partial charge in [-0.2, -0.15) is 0 Å². The largest absolute Gasteiger partial charge is 0.465 e. The Labute approximate surface area is 145 Å². The van der Waals surface area contributed by atoms with Crippen molar-refractivity contribution in [3.8, 4) is 0 Å². The maximum absolute atomic E-state index is 12.2. The molecule has 0 heterocycles. The number of amides is 1. The molecule has 0 atom stereocenters. The highest BCUT2D eigenvalue weighted by Gasteiger charge is 2.18. The molecule has 1 aromatic carbocycles. The van der Waals surface area contributed by atoms with Crippen molar-refractivity contribution in [2.75, 3.05) is 12.4 Å². The number of anilines is 1. The molecule has 0 saturated heterocycles. The van der Waals surface area contributed by atoms with Crippen LogP contribution in [0.4, 0.5) is 5.69 Å². The molecule has 0 bridgehead atoms. The van der Waals surface area contributed by atoms with Crippen LogP contribution in [0.15, 0.2) is 29.3 Å². The predicted octanol–water partition coefficient (Wildman–Crippen LogP) is 4.77. The van der Waals surface area contributed by atoms with E-state index in [0.717, 1.165) is 25.7 Å². The number of ether oxygens (including phenoxy) is 1. The van der Waals surface area contributed by atoms with E-state index < -0.39 is 5.97 Å². The minimum absolute atomic E-state index is 0.204.